The molecule has 2 aromatic heterocycles. The van der Waals surface area contributed by atoms with Gasteiger partial charge >= 0.3 is 0 Å². The van der Waals surface area contributed by atoms with Crippen molar-refractivity contribution in [3.05, 3.63) is 28.0 Å². The molecule has 2 N–H and O–H groups in total. The Labute approximate surface area is 147 Å². The van der Waals surface area contributed by atoms with Gasteiger partial charge in [-0.05, 0) is 33.1 Å². The third kappa shape index (κ3) is 4.02. The Hall–Kier alpha value is -1.73. The van der Waals surface area contributed by atoms with E-state index in [0.717, 1.165) is 54.7 Å². The van der Waals surface area contributed by atoms with Gasteiger partial charge in [-0.1, -0.05) is 0 Å². The average molecular weight is 347 g/mol. The lowest BCUT2D eigenvalue weighted by molar-refractivity contribution is 0.239. The first kappa shape index (κ1) is 17.1. The monoisotopic (exact) mass is 347 g/mol. The zero-order valence-electron chi connectivity index (χ0n) is 14.3. The zero-order valence-corrected chi connectivity index (χ0v) is 15.1. The van der Waals surface area contributed by atoms with Gasteiger partial charge in [0.25, 0.3) is 0 Å². The smallest absolute Gasteiger partial charge is 0.134 e. The van der Waals surface area contributed by atoms with Crippen LogP contribution in [0.2, 0.25) is 0 Å². The Morgan fingerprint density at radius 2 is 2.21 bits per heavy atom. The van der Waals surface area contributed by atoms with Crippen LogP contribution in [0.3, 0.4) is 0 Å². The number of rotatable bonds is 6. The molecule has 3 rings (SSSR count). The number of aromatic nitrogens is 3. The van der Waals surface area contributed by atoms with Gasteiger partial charge in [0.05, 0.1) is 23.4 Å². The lowest BCUT2D eigenvalue weighted by Crippen LogP contribution is -2.42. The van der Waals surface area contributed by atoms with Gasteiger partial charge in [0.1, 0.15) is 18.0 Å². The van der Waals surface area contributed by atoms with Gasteiger partial charge in [0.15, 0.2) is 0 Å². The number of nitrogens with zero attached hydrogens (tertiary/aromatic N) is 4. The van der Waals surface area contributed by atoms with Crippen LogP contribution in [0.1, 0.15) is 34.8 Å². The molecule has 2 aromatic rings. The lowest BCUT2D eigenvalue weighted by Gasteiger charge is -2.35. The van der Waals surface area contributed by atoms with Crippen LogP contribution in [0, 0.1) is 13.8 Å². The predicted molar refractivity (Wildman–Crippen MR) is 97.9 cm³/mol. The number of hydrogen-bond donors (Lipinski definition) is 2. The Morgan fingerprint density at radius 1 is 1.33 bits per heavy atom. The summed E-state index contributed by atoms with van der Waals surface area (Å²) in [5, 5.41) is 14.1. The van der Waals surface area contributed by atoms with E-state index >= 15 is 0 Å². The number of aryl methyl sites for hydroxylation is 2. The molecular weight excluding hydrogens is 322 g/mol. The van der Waals surface area contributed by atoms with E-state index in [1.165, 1.54) is 11.3 Å². The summed E-state index contributed by atoms with van der Waals surface area (Å²) >= 11 is 1.76. The van der Waals surface area contributed by atoms with Crippen molar-refractivity contribution in [2.45, 2.75) is 45.6 Å². The molecule has 24 heavy (non-hydrogen) atoms. The van der Waals surface area contributed by atoms with E-state index in [9.17, 15) is 5.11 Å². The van der Waals surface area contributed by atoms with Gasteiger partial charge in [-0.3, -0.25) is 0 Å². The first-order chi connectivity index (χ1) is 11.7. The number of piperidine rings is 1. The highest BCUT2D eigenvalue weighted by Crippen LogP contribution is 2.24. The predicted octanol–water partition coefficient (Wildman–Crippen LogP) is 2.56. The molecule has 0 saturated carbocycles. The number of thiazole rings is 1. The van der Waals surface area contributed by atoms with Crippen molar-refractivity contribution in [3.63, 3.8) is 0 Å². The molecule has 130 valence electrons. The first-order valence-electron chi connectivity index (χ1n) is 8.53. The second-order valence-corrected chi connectivity index (χ2v) is 7.49. The van der Waals surface area contributed by atoms with E-state index in [1.807, 2.05) is 13.0 Å². The van der Waals surface area contributed by atoms with Crippen LogP contribution < -0.4 is 10.2 Å². The molecule has 1 atom stereocenters. The molecule has 0 spiro atoms. The normalized spacial score (nSPS) is 18.0. The molecular formula is C17H25N5OS. The van der Waals surface area contributed by atoms with E-state index in [-0.39, 0.29) is 12.6 Å². The standard InChI is InChI=1S/C17H25N5OS/c1-12-15(24-13(2)21-12)6-7-18-16-9-17(20-11-19-16)22-8-4-3-5-14(22)10-23/h9,11,14,23H,3-8,10H2,1-2H3,(H,18,19,20)/t14-/m0/s1. The van der Waals surface area contributed by atoms with E-state index in [2.05, 4.69) is 32.1 Å². The number of anilines is 2. The largest absolute Gasteiger partial charge is 0.394 e. The molecule has 1 fully saturated rings. The maximum atomic E-state index is 9.58. The highest BCUT2D eigenvalue weighted by molar-refractivity contribution is 7.11. The second kappa shape index (κ2) is 7.90. The molecule has 1 aliphatic heterocycles. The van der Waals surface area contributed by atoms with Crippen LogP contribution in [0.4, 0.5) is 11.6 Å². The Morgan fingerprint density at radius 3 is 2.96 bits per heavy atom. The summed E-state index contributed by atoms with van der Waals surface area (Å²) < 4.78 is 0. The van der Waals surface area contributed by atoms with Crippen molar-refractivity contribution >= 4 is 23.0 Å². The zero-order chi connectivity index (χ0) is 16.9. The van der Waals surface area contributed by atoms with Crippen molar-refractivity contribution in [2.24, 2.45) is 0 Å². The number of hydrogen-bond acceptors (Lipinski definition) is 7. The van der Waals surface area contributed by atoms with E-state index in [4.69, 9.17) is 0 Å². The number of aliphatic hydroxyl groups excluding tert-OH is 1. The molecule has 0 bridgehead atoms. The Bertz CT molecular complexity index is 675. The van der Waals surface area contributed by atoms with E-state index in [0.29, 0.717) is 0 Å². The molecule has 1 saturated heterocycles. The first-order valence-corrected chi connectivity index (χ1v) is 9.35. The van der Waals surface area contributed by atoms with Gasteiger partial charge < -0.3 is 15.3 Å². The van der Waals surface area contributed by atoms with Crippen LogP contribution in [0.5, 0.6) is 0 Å². The highest BCUT2D eigenvalue weighted by Gasteiger charge is 2.23. The van der Waals surface area contributed by atoms with Crippen molar-refractivity contribution in [1.82, 2.24) is 15.0 Å². The van der Waals surface area contributed by atoms with Crippen molar-refractivity contribution in [3.8, 4) is 0 Å². The molecule has 3 heterocycles. The quantitative estimate of drug-likeness (QED) is 0.836. The third-order valence-corrected chi connectivity index (χ3v) is 5.58. The minimum absolute atomic E-state index is 0.171. The maximum Gasteiger partial charge on any atom is 0.134 e. The highest BCUT2D eigenvalue weighted by atomic mass is 32.1. The van der Waals surface area contributed by atoms with Gasteiger partial charge in [-0.15, -0.1) is 11.3 Å². The summed E-state index contributed by atoms with van der Waals surface area (Å²) in [4.78, 5) is 16.7. The summed E-state index contributed by atoms with van der Waals surface area (Å²) in [5.41, 5.74) is 1.13. The SMILES string of the molecule is Cc1nc(C)c(CCNc2cc(N3CCCC[C@H]3CO)ncn2)s1. The van der Waals surface area contributed by atoms with Crippen molar-refractivity contribution in [1.29, 1.82) is 0 Å². The minimum atomic E-state index is 0.171. The second-order valence-electron chi connectivity index (χ2n) is 6.21. The fourth-order valence-corrected chi connectivity index (χ4v) is 4.14. The van der Waals surface area contributed by atoms with Gasteiger partial charge in [0, 0.05) is 30.5 Å². The number of nitrogens with one attached hydrogen (secondary N) is 1. The molecule has 0 aromatic carbocycles. The van der Waals surface area contributed by atoms with E-state index < -0.39 is 0 Å². The van der Waals surface area contributed by atoms with Gasteiger partial charge in [-0.2, -0.15) is 0 Å². The Balaban J connectivity index is 1.61. The fourth-order valence-electron chi connectivity index (χ4n) is 3.20. The fraction of sp³-hybridized carbons (Fsp3) is 0.588. The lowest BCUT2D eigenvalue weighted by atomic mass is 10.0. The van der Waals surface area contributed by atoms with Gasteiger partial charge in [-0.25, -0.2) is 15.0 Å². The summed E-state index contributed by atoms with van der Waals surface area (Å²) in [6.45, 7) is 6.05. The molecule has 0 aliphatic carbocycles. The molecule has 0 unspecified atom stereocenters. The maximum absolute atomic E-state index is 9.58. The van der Waals surface area contributed by atoms with Crippen LogP contribution in [-0.2, 0) is 6.42 Å². The summed E-state index contributed by atoms with van der Waals surface area (Å²) in [6.07, 6.45) is 5.88. The van der Waals surface area contributed by atoms with Crippen LogP contribution in [0.25, 0.3) is 0 Å². The van der Waals surface area contributed by atoms with Crippen molar-refractivity contribution < 1.29 is 5.11 Å². The molecule has 7 heteroatoms. The molecule has 1 aliphatic rings. The van der Waals surface area contributed by atoms with Gasteiger partial charge in [0.2, 0.25) is 0 Å². The summed E-state index contributed by atoms with van der Waals surface area (Å²) in [5.74, 6) is 1.73. The molecule has 0 amide bonds. The number of aliphatic hydroxyl groups is 1. The minimum Gasteiger partial charge on any atom is -0.394 e. The van der Waals surface area contributed by atoms with E-state index in [1.54, 1.807) is 17.7 Å². The van der Waals surface area contributed by atoms with Crippen molar-refractivity contribution in [2.75, 3.05) is 29.9 Å². The average Bonchev–Trinajstić information content (AvgIpc) is 2.92. The van der Waals surface area contributed by atoms with Crippen LogP contribution in [0.15, 0.2) is 12.4 Å². The third-order valence-electron chi connectivity index (χ3n) is 4.44. The topological polar surface area (TPSA) is 74.2 Å². The molecule has 0 radical (unpaired) electrons. The Kier molecular flexibility index (Phi) is 5.63. The molecule has 6 nitrogen and oxygen atoms in total. The van der Waals surface area contributed by atoms with Crippen LogP contribution >= 0.6 is 11.3 Å². The van der Waals surface area contributed by atoms with Crippen LogP contribution in [-0.4, -0.2) is 45.8 Å². The summed E-state index contributed by atoms with van der Waals surface area (Å²) in [6, 6.07) is 2.16. The summed E-state index contributed by atoms with van der Waals surface area (Å²) in [7, 11) is 0.